The van der Waals surface area contributed by atoms with E-state index in [1.165, 1.54) is 17.0 Å². The van der Waals surface area contributed by atoms with Crippen molar-refractivity contribution in [2.45, 2.75) is 4.90 Å². The number of hydrogen-bond acceptors (Lipinski definition) is 4. The van der Waals surface area contributed by atoms with Crippen LogP contribution in [0.5, 0.6) is 0 Å². The molecule has 2 N–H and O–H groups in total. The summed E-state index contributed by atoms with van der Waals surface area (Å²) in [6.07, 6.45) is 1.11. The van der Waals surface area contributed by atoms with Crippen molar-refractivity contribution in [3.05, 3.63) is 54.1 Å². The summed E-state index contributed by atoms with van der Waals surface area (Å²) in [4.78, 5) is 14.0. The molecule has 2 aromatic rings. The van der Waals surface area contributed by atoms with E-state index >= 15 is 0 Å². The molecule has 0 spiro atoms. The quantitative estimate of drug-likeness (QED) is 0.879. The normalized spacial score (nSPS) is 11.1. The van der Waals surface area contributed by atoms with Crippen molar-refractivity contribution in [2.24, 2.45) is 0 Å². The number of sulfone groups is 1. The molecular weight excluding hydrogens is 288 g/mol. The Morgan fingerprint density at radius 3 is 2.38 bits per heavy atom. The molecule has 6 heteroatoms. The van der Waals surface area contributed by atoms with Gasteiger partial charge in [0, 0.05) is 18.9 Å². The van der Waals surface area contributed by atoms with Crippen molar-refractivity contribution in [3.8, 4) is 0 Å². The molecule has 110 valence electrons. The molecule has 0 radical (unpaired) electrons. The number of nitrogen functional groups attached to an aromatic ring is 1. The number of anilines is 2. The highest BCUT2D eigenvalue weighted by molar-refractivity contribution is 7.90. The van der Waals surface area contributed by atoms with E-state index in [1.54, 1.807) is 43.4 Å². The van der Waals surface area contributed by atoms with E-state index in [2.05, 4.69) is 0 Å². The topological polar surface area (TPSA) is 80.5 Å². The molecule has 0 saturated heterocycles. The maximum Gasteiger partial charge on any atom is 0.258 e. The summed E-state index contributed by atoms with van der Waals surface area (Å²) in [5, 5.41) is 0. The van der Waals surface area contributed by atoms with Crippen LogP contribution in [0.1, 0.15) is 10.4 Å². The lowest BCUT2D eigenvalue weighted by Gasteiger charge is -2.19. The molecular formula is C15H16N2O3S. The molecule has 0 saturated carbocycles. The lowest BCUT2D eigenvalue weighted by molar-refractivity contribution is 0.0993. The molecule has 2 rings (SSSR count). The van der Waals surface area contributed by atoms with E-state index in [-0.39, 0.29) is 10.8 Å². The Hall–Kier alpha value is -2.34. The van der Waals surface area contributed by atoms with Gasteiger partial charge in [0.25, 0.3) is 5.91 Å². The Morgan fingerprint density at radius 1 is 1.10 bits per heavy atom. The molecule has 0 aromatic heterocycles. The summed E-state index contributed by atoms with van der Waals surface area (Å²) < 4.78 is 23.1. The maximum absolute atomic E-state index is 12.5. The minimum atomic E-state index is -3.35. The summed E-state index contributed by atoms with van der Waals surface area (Å²) in [7, 11) is -1.75. The lowest BCUT2D eigenvalue weighted by atomic mass is 10.2. The third-order valence-electron chi connectivity index (χ3n) is 3.11. The van der Waals surface area contributed by atoms with Crippen molar-refractivity contribution in [1.82, 2.24) is 0 Å². The molecule has 5 nitrogen and oxygen atoms in total. The molecule has 0 atom stereocenters. The van der Waals surface area contributed by atoms with Crippen LogP contribution in [0.4, 0.5) is 11.4 Å². The smallest absolute Gasteiger partial charge is 0.258 e. The molecule has 2 aromatic carbocycles. The fourth-order valence-corrected chi connectivity index (χ4v) is 2.62. The fourth-order valence-electron chi connectivity index (χ4n) is 1.96. The van der Waals surface area contributed by atoms with Crippen LogP contribution in [-0.2, 0) is 9.84 Å². The summed E-state index contributed by atoms with van der Waals surface area (Å²) in [5.74, 6) is -0.321. The zero-order valence-electron chi connectivity index (χ0n) is 11.8. The first-order valence-electron chi connectivity index (χ1n) is 6.23. The number of carbonyl (C=O) groups excluding carboxylic acids is 1. The van der Waals surface area contributed by atoms with Gasteiger partial charge in [-0.05, 0) is 30.3 Å². The number of hydrogen-bond donors (Lipinski definition) is 1. The molecule has 0 bridgehead atoms. The fraction of sp³-hybridized carbons (Fsp3) is 0.133. The average Bonchev–Trinajstić information content (AvgIpc) is 2.45. The highest BCUT2D eigenvalue weighted by Crippen LogP contribution is 2.23. The van der Waals surface area contributed by atoms with E-state index in [0.717, 1.165) is 6.26 Å². The number of nitrogens with zero attached hydrogens (tertiary/aromatic N) is 1. The summed E-state index contributed by atoms with van der Waals surface area (Å²) in [5.41, 5.74) is 7.20. The van der Waals surface area contributed by atoms with Gasteiger partial charge in [-0.2, -0.15) is 0 Å². The SMILES string of the molecule is CN(C(=O)c1cccc(S(C)(=O)=O)c1)c1ccccc1N. The second kappa shape index (κ2) is 5.57. The zero-order valence-corrected chi connectivity index (χ0v) is 12.6. The van der Waals surface area contributed by atoms with Crippen LogP contribution in [-0.4, -0.2) is 27.6 Å². The molecule has 0 fully saturated rings. The zero-order chi connectivity index (χ0) is 15.6. The van der Waals surface area contributed by atoms with Gasteiger partial charge in [-0.15, -0.1) is 0 Å². The second-order valence-electron chi connectivity index (χ2n) is 4.72. The predicted molar refractivity (Wildman–Crippen MR) is 83.1 cm³/mol. The van der Waals surface area contributed by atoms with Crippen LogP contribution in [0, 0.1) is 0 Å². The van der Waals surface area contributed by atoms with Crippen LogP contribution in [0.2, 0.25) is 0 Å². The molecule has 21 heavy (non-hydrogen) atoms. The van der Waals surface area contributed by atoms with Crippen molar-refractivity contribution in [1.29, 1.82) is 0 Å². The Labute approximate surface area is 123 Å². The molecule has 0 aliphatic heterocycles. The standard InChI is InChI=1S/C15H16N2O3S/c1-17(14-9-4-3-8-13(14)16)15(18)11-6-5-7-12(10-11)21(2,19)20/h3-10H,16H2,1-2H3. The lowest BCUT2D eigenvalue weighted by Crippen LogP contribution is -2.27. The summed E-state index contributed by atoms with van der Waals surface area (Å²) >= 11 is 0. The van der Waals surface area contributed by atoms with Crippen LogP contribution < -0.4 is 10.6 Å². The van der Waals surface area contributed by atoms with Gasteiger partial charge in [0.15, 0.2) is 9.84 Å². The average molecular weight is 304 g/mol. The van der Waals surface area contributed by atoms with Gasteiger partial charge in [-0.1, -0.05) is 18.2 Å². The Morgan fingerprint density at radius 2 is 1.76 bits per heavy atom. The first-order chi connectivity index (χ1) is 9.80. The number of benzene rings is 2. The Bertz CT molecular complexity index is 785. The first kappa shape index (κ1) is 15.1. The van der Waals surface area contributed by atoms with Crippen LogP contribution in [0.25, 0.3) is 0 Å². The van der Waals surface area contributed by atoms with Gasteiger partial charge in [0.2, 0.25) is 0 Å². The van der Waals surface area contributed by atoms with E-state index in [1.807, 2.05) is 0 Å². The van der Waals surface area contributed by atoms with Gasteiger partial charge in [0.05, 0.1) is 16.3 Å². The molecule has 0 unspecified atom stereocenters. The Balaban J connectivity index is 2.39. The van der Waals surface area contributed by atoms with E-state index in [0.29, 0.717) is 16.9 Å². The minimum absolute atomic E-state index is 0.114. The summed E-state index contributed by atoms with van der Waals surface area (Å²) in [6, 6.07) is 12.9. The van der Waals surface area contributed by atoms with E-state index in [4.69, 9.17) is 5.73 Å². The molecule has 0 aliphatic carbocycles. The first-order valence-corrected chi connectivity index (χ1v) is 8.12. The van der Waals surface area contributed by atoms with Crippen LogP contribution in [0.3, 0.4) is 0 Å². The molecule has 0 aliphatic rings. The third-order valence-corrected chi connectivity index (χ3v) is 4.22. The van der Waals surface area contributed by atoms with Crippen LogP contribution >= 0.6 is 0 Å². The number of amides is 1. The van der Waals surface area contributed by atoms with Gasteiger partial charge in [-0.25, -0.2) is 8.42 Å². The van der Waals surface area contributed by atoms with Crippen molar-refractivity contribution in [2.75, 3.05) is 23.9 Å². The second-order valence-corrected chi connectivity index (χ2v) is 6.74. The maximum atomic E-state index is 12.5. The largest absolute Gasteiger partial charge is 0.397 e. The van der Waals surface area contributed by atoms with Crippen molar-refractivity contribution in [3.63, 3.8) is 0 Å². The molecule has 1 amide bonds. The third kappa shape index (κ3) is 3.22. The Kier molecular flexibility index (Phi) is 3.99. The predicted octanol–water partition coefficient (Wildman–Crippen LogP) is 1.95. The summed E-state index contributed by atoms with van der Waals surface area (Å²) in [6.45, 7) is 0. The van der Waals surface area contributed by atoms with E-state index < -0.39 is 9.84 Å². The van der Waals surface area contributed by atoms with Gasteiger partial charge in [0.1, 0.15) is 0 Å². The molecule has 0 heterocycles. The highest BCUT2D eigenvalue weighted by atomic mass is 32.2. The highest BCUT2D eigenvalue weighted by Gasteiger charge is 2.17. The number of rotatable bonds is 3. The van der Waals surface area contributed by atoms with Gasteiger partial charge >= 0.3 is 0 Å². The van der Waals surface area contributed by atoms with Crippen molar-refractivity contribution >= 4 is 27.1 Å². The minimum Gasteiger partial charge on any atom is -0.397 e. The van der Waals surface area contributed by atoms with Crippen molar-refractivity contribution < 1.29 is 13.2 Å². The van der Waals surface area contributed by atoms with Crippen LogP contribution in [0.15, 0.2) is 53.4 Å². The number of para-hydroxylation sites is 2. The van der Waals surface area contributed by atoms with E-state index in [9.17, 15) is 13.2 Å². The number of carbonyl (C=O) groups is 1. The van der Waals surface area contributed by atoms with Gasteiger partial charge in [-0.3, -0.25) is 4.79 Å². The number of nitrogens with two attached hydrogens (primary N) is 1. The monoisotopic (exact) mass is 304 g/mol. The van der Waals surface area contributed by atoms with Gasteiger partial charge < -0.3 is 10.6 Å².